The van der Waals surface area contributed by atoms with E-state index in [0.717, 1.165) is 33.8 Å². The SMILES string of the molecule is Cc1ccc(C(=S)NC(c2ccccn2)C(O[Si](C)(C)C)(c2ccc(N(C)C)cc2)c2ccc(N(C)C)cc2)cc1. The molecular formula is C34H42N4OSSi. The van der Waals surface area contributed by atoms with E-state index in [4.69, 9.17) is 21.6 Å². The summed E-state index contributed by atoms with van der Waals surface area (Å²) in [5.41, 5.74) is 6.40. The molecule has 0 aliphatic heterocycles. The van der Waals surface area contributed by atoms with Crippen LogP contribution in [0.4, 0.5) is 11.4 Å². The van der Waals surface area contributed by atoms with E-state index in [9.17, 15) is 0 Å². The van der Waals surface area contributed by atoms with Crippen LogP contribution in [0.25, 0.3) is 0 Å². The van der Waals surface area contributed by atoms with E-state index < -0.39 is 20.0 Å². The van der Waals surface area contributed by atoms with Crippen molar-refractivity contribution >= 4 is 36.9 Å². The first-order valence-corrected chi connectivity index (χ1v) is 17.8. The second-order valence-corrected chi connectivity index (χ2v) is 16.7. The van der Waals surface area contributed by atoms with Crippen LogP contribution in [0.1, 0.15) is 34.0 Å². The predicted octanol–water partition coefficient (Wildman–Crippen LogP) is 7.32. The van der Waals surface area contributed by atoms with Gasteiger partial charge in [-0.2, -0.15) is 0 Å². The molecule has 1 N–H and O–H groups in total. The van der Waals surface area contributed by atoms with Gasteiger partial charge in [-0.05, 0) is 74.1 Å². The molecule has 7 heteroatoms. The van der Waals surface area contributed by atoms with Gasteiger partial charge in [0.1, 0.15) is 16.6 Å². The Hall–Kier alpha value is -3.52. The van der Waals surface area contributed by atoms with Gasteiger partial charge < -0.3 is 19.5 Å². The monoisotopic (exact) mass is 582 g/mol. The fraction of sp³-hybridized carbons (Fsp3) is 0.294. The molecule has 1 atom stereocenters. The molecule has 1 heterocycles. The molecule has 0 aliphatic rings. The molecule has 0 saturated heterocycles. The lowest BCUT2D eigenvalue weighted by Gasteiger charge is -2.46. The normalized spacial score (nSPS) is 12.5. The lowest BCUT2D eigenvalue weighted by Crippen LogP contribution is -2.51. The Labute approximate surface area is 252 Å². The van der Waals surface area contributed by atoms with Gasteiger partial charge >= 0.3 is 0 Å². The minimum Gasteiger partial charge on any atom is -0.402 e. The average Bonchev–Trinajstić information content (AvgIpc) is 2.95. The zero-order chi connectivity index (χ0) is 29.8. The number of aryl methyl sites for hydroxylation is 1. The van der Waals surface area contributed by atoms with E-state index in [1.54, 1.807) is 0 Å². The molecule has 41 heavy (non-hydrogen) atoms. The lowest BCUT2D eigenvalue weighted by atomic mass is 9.78. The number of thiocarbonyl (C=S) groups is 1. The third kappa shape index (κ3) is 7.04. The predicted molar refractivity (Wildman–Crippen MR) is 180 cm³/mol. The molecule has 5 nitrogen and oxygen atoms in total. The number of nitrogens with zero attached hydrogens (tertiary/aromatic N) is 3. The molecule has 3 aromatic carbocycles. The van der Waals surface area contributed by atoms with E-state index >= 15 is 0 Å². The molecule has 1 unspecified atom stereocenters. The van der Waals surface area contributed by atoms with Gasteiger partial charge in [0.15, 0.2) is 8.32 Å². The van der Waals surface area contributed by atoms with Crippen molar-refractivity contribution in [3.05, 3.63) is 125 Å². The first-order chi connectivity index (χ1) is 19.4. The van der Waals surface area contributed by atoms with E-state index in [2.05, 4.69) is 149 Å². The average molecular weight is 583 g/mol. The van der Waals surface area contributed by atoms with Crippen molar-refractivity contribution in [2.45, 2.75) is 38.2 Å². The molecular weight excluding hydrogens is 541 g/mol. The van der Waals surface area contributed by atoms with Gasteiger partial charge in [0, 0.05) is 51.3 Å². The minimum atomic E-state index is -2.19. The highest BCUT2D eigenvalue weighted by Crippen LogP contribution is 2.47. The van der Waals surface area contributed by atoms with Crippen molar-refractivity contribution in [3.8, 4) is 0 Å². The summed E-state index contributed by atoms with van der Waals surface area (Å²) >= 11 is 6.06. The summed E-state index contributed by atoms with van der Waals surface area (Å²) in [5, 5.41) is 3.75. The van der Waals surface area contributed by atoms with Crippen LogP contribution >= 0.6 is 12.2 Å². The Morgan fingerprint density at radius 3 is 1.71 bits per heavy atom. The highest BCUT2D eigenvalue weighted by Gasteiger charge is 2.48. The number of hydrogen-bond acceptors (Lipinski definition) is 5. The summed E-state index contributed by atoms with van der Waals surface area (Å²) in [4.78, 5) is 9.74. The van der Waals surface area contributed by atoms with E-state index in [-0.39, 0.29) is 0 Å². The molecule has 0 amide bonds. The smallest absolute Gasteiger partial charge is 0.185 e. The Bertz CT molecular complexity index is 1380. The maximum absolute atomic E-state index is 7.42. The fourth-order valence-corrected chi connectivity index (χ4v) is 6.60. The molecule has 4 aromatic rings. The Balaban J connectivity index is 2.02. The third-order valence-electron chi connectivity index (χ3n) is 7.07. The van der Waals surface area contributed by atoms with Gasteiger partial charge in [-0.1, -0.05) is 72.4 Å². The third-order valence-corrected chi connectivity index (χ3v) is 8.36. The Morgan fingerprint density at radius 2 is 1.29 bits per heavy atom. The van der Waals surface area contributed by atoms with Gasteiger partial charge in [0.2, 0.25) is 0 Å². The van der Waals surface area contributed by atoms with Crippen molar-refractivity contribution in [1.82, 2.24) is 10.3 Å². The van der Waals surface area contributed by atoms with Gasteiger partial charge in [0.05, 0.1) is 5.69 Å². The zero-order valence-electron chi connectivity index (χ0n) is 25.5. The molecule has 214 valence electrons. The summed E-state index contributed by atoms with van der Waals surface area (Å²) < 4.78 is 7.42. The van der Waals surface area contributed by atoms with E-state index in [0.29, 0.717) is 4.99 Å². The molecule has 1 aromatic heterocycles. The molecule has 0 spiro atoms. The van der Waals surface area contributed by atoms with Crippen molar-refractivity contribution in [2.75, 3.05) is 38.0 Å². The molecule has 0 fully saturated rings. The van der Waals surface area contributed by atoms with Crippen LogP contribution in [0.2, 0.25) is 19.6 Å². The second kappa shape index (κ2) is 12.6. The van der Waals surface area contributed by atoms with Crippen LogP contribution in [-0.2, 0) is 10.0 Å². The largest absolute Gasteiger partial charge is 0.402 e. The topological polar surface area (TPSA) is 40.6 Å². The van der Waals surface area contributed by atoms with Gasteiger partial charge in [-0.25, -0.2) is 0 Å². The standard InChI is InChI=1S/C34H42N4OSSi/c1-25-12-14-26(15-13-25)33(40)36-32(31-11-9-10-24-35-31)34(39-41(6,7)8,27-16-20-29(21-17-27)37(2)3)28-18-22-30(23-19-28)38(4)5/h9-24,32H,1-8H3,(H,36,40). The van der Waals surface area contributed by atoms with Crippen molar-refractivity contribution in [1.29, 1.82) is 0 Å². The summed E-state index contributed by atoms with van der Waals surface area (Å²) in [7, 11) is 6.02. The molecule has 0 radical (unpaired) electrons. The van der Waals surface area contributed by atoms with Gasteiger partial charge in [-0.15, -0.1) is 0 Å². The number of rotatable bonds is 10. The highest BCUT2D eigenvalue weighted by molar-refractivity contribution is 7.80. The zero-order valence-corrected chi connectivity index (χ0v) is 27.3. The van der Waals surface area contributed by atoms with Crippen LogP contribution in [0, 0.1) is 6.92 Å². The van der Waals surface area contributed by atoms with Crippen LogP contribution in [-0.4, -0.2) is 46.5 Å². The molecule has 0 aliphatic carbocycles. The summed E-state index contributed by atoms with van der Waals surface area (Å²) in [6.07, 6.45) is 1.84. The van der Waals surface area contributed by atoms with Crippen molar-refractivity contribution in [2.24, 2.45) is 0 Å². The van der Waals surface area contributed by atoms with Crippen LogP contribution < -0.4 is 15.1 Å². The van der Waals surface area contributed by atoms with Crippen LogP contribution in [0.5, 0.6) is 0 Å². The highest BCUT2D eigenvalue weighted by atomic mass is 32.1. The second-order valence-electron chi connectivity index (χ2n) is 11.9. The minimum absolute atomic E-state index is 0.417. The van der Waals surface area contributed by atoms with E-state index in [1.807, 2.05) is 18.3 Å². The lowest BCUT2D eigenvalue weighted by molar-refractivity contribution is 0.0623. The maximum Gasteiger partial charge on any atom is 0.185 e. The van der Waals surface area contributed by atoms with Gasteiger partial charge in [0.25, 0.3) is 0 Å². The number of hydrogen-bond donors (Lipinski definition) is 1. The van der Waals surface area contributed by atoms with Gasteiger partial charge in [-0.3, -0.25) is 4.98 Å². The first-order valence-electron chi connectivity index (χ1n) is 13.9. The molecule has 0 bridgehead atoms. The molecule has 0 saturated carbocycles. The van der Waals surface area contributed by atoms with E-state index in [1.165, 1.54) is 5.56 Å². The number of pyridine rings is 1. The summed E-state index contributed by atoms with van der Waals surface area (Å²) in [6.45, 7) is 8.78. The summed E-state index contributed by atoms with van der Waals surface area (Å²) in [5.74, 6) is 0. The molecule has 4 rings (SSSR count). The quantitative estimate of drug-likeness (QED) is 0.156. The number of anilines is 2. The maximum atomic E-state index is 7.42. The van der Waals surface area contributed by atoms with Crippen LogP contribution in [0.3, 0.4) is 0 Å². The Morgan fingerprint density at radius 1 is 0.780 bits per heavy atom. The van der Waals surface area contributed by atoms with Crippen molar-refractivity contribution < 1.29 is 4.43 Å². The van der Waals surface area contributed by atoms with Crippen molar-refractivity contribution in [3.63, 3.8) is 0 Å². The number of benzene rings is 3. The Kier molecular flexibility index (Phi) is 9.32. The summed E-state index contributed by atoms with van der Waals surface area (Å²) in [6, 6.07) is 31.3. The van der Waals surface area contributed by atoms with Crippen LogP contribution in [0.15, 0.2) is 97.2 Å². The number of aromatic nitrogens is 1. The fourth-order valence-electron chi connectivity index (χ4n) is 5.02. The number of nitrogens with one attached hydrogen (secondary N) is 1. The first kappa shape index (κ1) is 30.4.